The minimum Gasteiger partial charge on any atom is -0.461 e. The van der Waals surface area contributed by atoms with E-state index in [1.807, 2.05) is 30.5 Å². The summed E-state index contributed by atoms with van der Waals surface area (Å²) in [5.74, 6) is 2.56. The van der Waals surface area contributed by atoms with Crippen LogP contribution in [0.3, 0.4) is 0 Å². The Morgan fingerprint density at radius 1 is 1.36 bits per heavy atom. The van der Waals surface area contributed by atoms with Crippen molar-refractivity contribution in [3.8, 4) is 11.6 Å². The van der Waals surface area contributed by atoms with E-state index in [1.165, 1.54) is 0 Å². The number of hydrogen-bond donors (Lipinski definition) is 1. The number of nitrogens with zero attached hydrogens (tertiary/aromatic N) is 5. The molecule has 3 heterocycles. The Hall–Kier alpha value is -2.35. The van der Waals surface area contributed by atoms with Crippen molar-refractivity contribution in [3.63, 3.8) is 0 Å². The third-order valence-corrected chi connectivity index (χ3v) is 4.19. The molecule has 0 bridgehead atoms. The molecule has 0 fully saturated rings. The van der Waals surface area contributed by atoms with Gasteiger partial charge in [-0.05, 0) is 32.0 Å². The van der Waals surface area contributed by atoms with Gasteiger partial charge in [0.15, 0.2) is 16.7 Å². The third kappa shape index (κ3) is 2.82. The average molecular weight is 316 g/mol. The fourth-order valence-electron chi connectivity index (χ4n) is 2.04. The Kier molecular flexibility index (Phi) is 4.10. The van der Waals surface area contributed by atoms with Crippen LogP contribution in [0.5, 0.6) is 0 Å². The molecular formula is C14H16N6OS. The van der Waals surface area contributed by atoms with E-state index in [9.17, 15) is 0 Å². The lowest BCUT2D eigenvalue weighted by atomic mass is 10.4. The summed E-state index contributed by atoms with van der Waals surface area (Å²) in [5.41, 5.74) is 5.71. The SMILES string of the molecule is CCn1c(S[C@@H](C)c2nccc(N)n2)nnc1-c1ccco1. The van der Waals surface area contributed by atoms with Crippen LogP contribution < -0.4 is 5.73 Å². The molecule has 0 spiro atoms. The van der Waals surface area contributed by atoms with Gasteiger partial charge in [-0.25, -0.2) is 9.97 Å². The second kappa shape index (κ2) is 6.18. The summed E-state index contributed by atoms with van der Waals surface area (Å²) in [6.07, 6.45) is 3.29. The van der Waals surface area contributed by atoms with Gasteiger partial charge in [-0.15, -0.1) is 10.2 Å². The second-order valence-corrected chi connectivity index (χ2v) is 5.94. The average Bonchev–Trinajstić information content (AvgIpc) is 3.15. The predicted octanol–water partition coefficient (Wildman–Crippen LogP) is 2.78. The van der Waals surface area contributed by atoms with Crippen molar-refractivity contribution in [2.45, 2.75) is 30.8 Å². The maximum absolute atomic E-state index is 5.71. The lowest BCUT2D eigenvalue weighted by molar-refractivity contribution is 0.567. The van der Waals surface area contributed by atoms with E-state index in [1.54, 1.807) is 30.3 Å². The van der Waals surface area contributed by atoms with Gasteiger partial charge in [-0.1, -0.05) is 11.8 Å². The Labute approximate surface area is 132 Å². The molecule has 0 aliphatic heterocycles. The molecule has 2 N–H and O–H groups in total. The minimum atomic E-state index is 0.0162. The van der Waals surface area contributed by atoms with Gasteiger partial charge in [0.05, 0.1) is 11.5 Å². The summed E-state index contributed by atoms with van der Waals surface area (Å²) in [7, 11) is 0. The molecule has 0 saturated heterocycles. The van der Waals surface area contributed by atoms with E-state index in [2.05, 4.69) is 20.2 Å². The van der Waals surface area contributed by atoms with Crippen molar-refractivity contribution < 1.29 is 4.42 Å². The fraction of sp³-hybridized carbons (Fsp3) is 0.286. The highest BCUT2D eigenvalue weighted by molar-refractivity contribution is 7.99. The highest BCUT2D eigenvalue weighted by Gasteiger charge is 2.19. The number of aromatic nitrogens is 5. The third-order valence-electron chi connectivity index (χ3n) is 3.12. The zero-order chi connectivity index (χ0) is 15.5. The maximum atomic E-state index is 5.71. The highest BCUT2D eigenvalue weighted by atomic mass is 32.2. The van der Waals surface area contributed by atoms with Gasteiger partial charge in [0, 0.05) is 12.7 Å². The summed E-state index contributed by atoms with van der Waals surface area (Å²) in [6.45, 7) is 4.80. The van der Waals surface area contributed by atoms with E-state index in [0.717, 1.165) is 17.5 Å². The highest BCUT2D eigenvalue weighted by Crippen LogP contribution is 2.33. The number of furan rings is 1. The van der Waals surface area contributed by atoms with Crippen LogP contribution in [-0.2, 0) is 6.54 Å². The maximum Gasteiger partial charge on any atom is 0.200 e. The lowest BCUT2D eigenvalue weighted by Crippen LogP contribution is -2.03. The van der Waals surface area contributed by atoms with Crippen LogP contribution in [-0.4, -0.2) is 24.7 Å². The van der Waals surface area contributed by atoms with Gasteiger partial charge in [0.2, 0.25) is 0 Å². The van der Waals surface area contributed by atoms with Gasteiger partial charge < -0.3 is 10.2 Å². The largest absolute Gasteiger partial charge is 0.461 e. The Balaban J connectivity index is 1.86. The zero-order valence-corrected chi connectivity index (χ0v) is 13.1. The summed E-state index contributed by atoms with van der Waals surface area (Å²) < 4.78 is 7.41. The number of anilines is 1. The predicted molar refractivity (Wildman–Crippen MR) is 84.1 cm³/mol. The standard InChI is InChI=1S/C14H16N6OS/c1-3-20-13(10-5-4-8-21-10)18-19-14(20)22-9(2)12-16-7-6-11(15)17-12/h4-9H,3H2,1-2H3,(H2,15,16,17)/t9-/m0/s1. The van der Waals surface area contributed by atoms with E-state index < -0.39 is 0 Å². The summed E-state index contributed by atoms with van der Waals surface area (Å²) in [5, 5.41) is 9.30. The molecule has 114 valence electrons. The van der Waals surface area contributed by atoms with Crippen LogP contribution in [0.2, 0.25) is 0 Å². The van der Waals surface area contributed by atoms with Crippen molar-refractivity contribution >= 4 is 17.6 Å². The van der Waals surface area contributed by atoms with Crippen molar-refractivity contribution in [2.24, 2.45) is 0 Å². The normalized spacial score (nSPS) is 12.5. The van der Waals surface area contributed by atoms with Crippen LogP contribution in [0.4, 0.5) is 5.82 Å². The first-order valence-corrected chi connectivity index (χ1v) is 7.79. The second-order valence-electron chi connectivity index (χ2n) is 4.63. The molecule has 7 nitrogen and oxygen atoms in total. The Bertz CT molecular complexity index is 755. The van der Waals surface area contributed by atoms with Crippen LogP contribution >= 0.6 is 11.8 Å². The van der Waals surface area contributed by atoms with E-state index in [-0.39, 0.29) is 5.25 Å². The quantitative estimate of drug-likeness (QED) is 0.723. The number of nitrogen functional groups attached to an aromatic ring is 1. The minimum absolute atomic E-state index is 0.0162. The summed E-state index contributed by atoms with van der Waals surface area (Å²) >= 11 is 1.54. The smallest absolute Gasteiger partial charge is 0.200 e. The molecule has 8 heteroatoms. The van der Waals surface area contributed by atoms with E-state index in [4.69, 9.17) is 10.2 Å². The molecule has 0 aliphatic carbocycles. The van der Waals surface area contributed by atoms with Crippen molar-refractivity contribution in [3.05, 3.63) is 36.5 Å². The molecule has 0 aromatic carbocycles. The number of hydrogen-bond acceptors (Lipinski definition) is 7. The van der Waals surface area contributed by atoms with Crippen LogP contribution in [0, 0.1) is 0 Å². The lowest BCUT2D eigenvalue weighted by Gasteiger charge is -2.10. The van der Waals surface area contributed by atoms with Crippen molar-refractivity contribution in [1.29, 1.82) is 0 Å². The van der Waals surface area contributed by atoms with Gasteiger partial charge in [-0.2, -0.15) is 0 Å². The first kappa shape index (κ1) is 14.6. The number of rotatable bonds is 5. The van der Waals surface area contributed by atoms with E-state index >= 15 is 0 Å². The number of thioether (sulfide) groups is 1. The Morgan fingerprint density at radius 3 is 2.91 bits per heavy atom. The first-order chi connectivity index (χ1) is 10.7. The van der Waals surface area contributed by atoms with Gasteiger partial charge in [0.25, 0.3) is 0 Å². The molecule has 0 saturated carbocycles. The molecule has 3 aromatic heterocycles. The van der Waals surface area contributed by atoms with Crippen LogP contribution in [0.25, 0.3) is 11.6 Å². The van der Waals surface area contributed by atoms with Gasteiger partial charge >= 0.3 is 0 Å². The van der Waals surface area contributed by atoms with Crippen LogP contribution in [0.1, 0.15) is 24.9 Å². The van der Waals surface area contributed by atoms with E-state index in [0.29, 0.717) is 17.4 Å². The van der Waals surface area contributed by atoms with Crippen molar-refractivity contribution in [2.75, 3.05) is 5.73 Å². The molecule has 0 unspecified atom stereocenters. The molecular weight excluding hydrogens is 300 g/mol. The van der Waals surface area contributed by atoms with Crippen molar-refractivity contribution in [1.82, 2.24) is 24.7 Å². The topological polar surface area (TPSA) is 95.7 Å². The molecule has 3 aromatic rings. The molecule has 1 atom stereocenters. The zero-order valence-electron chi connectivity index (χ0n) is 12.3. The molecule has 0 aliphatic rings. The van der Waals surface area contributed by atoms with Crippen LogP contribution in [0.15, 0.2) is 40.2 Å². The number of nitrogens with two attached hydrogens (primary N) is 1. The molecule has 0 radical (unpaired) electrons. The first-order valence-electron chi connectivity index (χ1n) is 6.91. The monoisotopic (exact) mass is 316 g/mol. The fourth-order valence-corrected chi connectivity index (χ4v) is 3.01. The Morgan fingerprint density at radius 2 is 2.23 bits per heavy atom. The summed E-state index contributed by atoms with van der Waals surface area (Å²) in [4.78, 5) is 8.51. The van der Waals surface area contributed by atoms with Gasteiger partial charge in [-0.3, -0.25) is 4.57 Å². The van der Waals surface area contributed by atoms with Gasteiger partial charge in [0.1, 0.15) is 11.6 Å². The summed E-state index contributed by atoms with van der Waals surface area (Å²) in [6, 6.07) is 5.37. The molecule has 22 heavy (non-hydrogen) atoms. The molecule has 3 rings (SSSR count). The molecule has 0 amide bonds.